The van der Waals surface area contributed by atoms with E-state index in [2.05, 4.69) is 42.9 Å². The van der Waals surface area contributed by atoms with Gasteiger partial charge in [-0.3, -0.25) is 9.59 Å². The number of nitrogens with one attached hydrogen (secondary N) is 1. The number of carbonyl (C=O) groups excluding carboxylic acids is 2. The summed E-state index contributed by atoms with van der Waals surface area (Å²) in [6, 6.07) is 0. The minimum atomic E-state index is -0.174. The number of likely N-dealkylation sites (N-methyl/N-ethyl adjacent to an activating group) is 1. The molecule has 1 heterocycles. The van der Waals surface area contributed by atoms with E-state index in [0.29, 0.717) is 11.7 Å². The Morgan fingerprint density at radius 2 is 1.79 bits per heavy atom. The predicted molar refractivity (Wildman–Crippen MR) is 118 cm³/mol. The molecule has 7 heteroatoms. The number of anilines is 1. The topological polar surface area (TPSA) is 65.5 Å². The van der Waals surface area contributed by atoms with Gasteiger partial charge in [0.15, 0.2) is 5.13 Å². The van der Waals surface area contributed by atoms with Gasteiger partial charge in [0.05, 0.1) is 12.2 Å². The van der Waals surface area contributed by atoms with Crippen LogP contribution in [0.4, 0.5) is 5.13 Å². The van der Waals surface area contributed by atoms with Crippen molar-refractivity contribution in [1.29, 1.82) is 0 Å². The molecule has 1 aromatic rings. The molecular formula is C21H38N4O2S. The molecule has 0 aliphatic heterocycles. The van der Waals surface area contributed by atoms with Gasteiger partial charge in [0.25, 0.3) is 0 Å². The standard InChI is InChI=1S/C21H38N4O2S/c1-7-11-12-18(8-2)20(27)25(14-13-24(9-3)10-4)15-19(26)23-21-22-16(5)17(6)28-21/h18H,7-15H2,1-6H3,(H,22,23,26)/t18-/m0/s1. The number of hydrogen-bond donors (Lipinski definition) is 1. The summed E-state index contributed by atoms with van der Waals surface area (Å²) in [7, 11) is 0. The molecule has 0 saturated carbocycles. The van der Waals surface area contributed by atoms with Gasteiger partial charge >= 0.3 is 0 Å². The number of thiazole rings is 1. The predicted octanol–water partition coefficient (Wildman–Crippen LogP) is 4.09. The summed E-state index contributed by atoms with van der Waals surface area (Å²) in [5.41, 5.74) is 0.931. The summed E-state index contributed by atoms with van der Waals surface area (Å²) in [6.45, 7) is 15.7. The van der Waals surface area contributed by atoms with Crippen LogP contribution in [0.2, 0.25) is 0 Å². The SMILES string of the molecule is CCCC[C@H](CC)C(=O)N(CCN(CC)CC)CC(=O)Nc1nc(C)c(C)s1. The van der Waals surface area contributed by atoms with E-state index in [9.17, 15) is 9.59 Å². The van der Waals surface area contributed by atoms with Crippen LogP contribution < -0.4 is 5.32 Å². The third-order valence-corrected chi connectivity index (χ3v) is 6.24. The summed E-state index contributed by atoms with van der Waals surface area (Å²) >= 11 is 1.47. The molecule has 28 heavy (non-hydrogen) atoms. The second kappa shape index (κ2) is 12.9. The lowest BCUT2D eigenvalue weighted by molar-refractivity contribution is -0.139. The minimum absolute atomic E-state index is 0.00574. The third-order valence-electron chi connectivity index (χ3n) is 5.25. The fourth-order valence-corrected chi connectivity index (χ4v) is 3.97. The van der Waals surface area contributed by atoms with Crippen LogP contribution in [0.25, 0.3) is 0 Å². The maximum Gasteiger partial charge on any atom is 0.245 e. The normalized spacial score (nSPS) is 12.2. The van der Waals surface area contributed by atoms with E-state index in [0.717, 1.165) is 55.9 Å². The zero-order chi connectivity index (χ0) is 21.1. The molecule has 0 bridgehead atoms. The molecule has 1 rings (SSSR count). The van der Waals surface area contributed by atoms with Crippen molar-refractivity contribution in [1.82, 2.24) is 14.8 Å². The van der Waals surface area contributed by atoms with Gasteiger partial charge in [0.1, 0.15) is 0 Å². The first-order valence-electron chi connectivity index (χ1n) is 10.6. The molecule has 0 aliphatic carbocycles. The van der Waals surface area contributed by atoms with Gasteiger partial charge in [-0.25, -0.2) is 4.98 Å². The Morgan fingerprint density at radius 3 is 2.29 bits per heavy atom. The highest BCUT2D eigenvalue weighted by atomic mass is 32.1. The maximum atomic E-state index is 13.1. The van der Waals surface area contributed by atoms with Gasteiger partial charge < -0.3 is 15.1 Å². The van der Waals surface area contributed by atoms with Crippen LogP contribution >= 0.6 is 11.3 Å². The Bertz CT molecular complexity index is 594. The lowest BCUT2D eigenvalue weighted by atomic mass is 9.97. The van der Waals surface area contributed by atoms with Gasteiger partial charge in [0, 0.05) is 23.9 Å². The summed E-state index contributed by atoms with van der Waals surface area (Å²) < 4.78 is 0. The molecule has 0 unspecified atom stereocenters. The van der Waals surface area contributed by atoms with Crippen molar-refractivity contribution in [3.63, 3.8) is 0 Å². The van der Waals surface area contributed by atoms with E-state index in [-0.39, 0.29) is 24.3 Å². The van der Waals surface area contributed by atoms with Gasteiger partial charge in [-0.05, 0) is 39.8 Å². The molecule has 160 valence electrons. The lowest BCUT2D eigenvalue weighted by Gasteiger charge is -2.29. The van der Waals surface area contributed by atoms with E-state index in [1.54, 1.807) is 4.90 Å². The molecule has 1 aromatic heterocycles. The van der Waals surface area contributed by atoms with Crippen molar-refractivity contribution in [2.45, 2.75) is 67.2 Å². The Morgan fingerprint density at radius 1 is 1.11 bits per heavy atom. The number of hydrogen-bond acceptors (Lipinski definition) is 5. The average molecular weight is 411 g/mol. The summed E-state index contributed by atoms with van der Waals surface area (Å²) in [6.07, 6.45) is 3.82. The zero-order valence-electron chi connectivity index (χ0n) is 18.5. The highest BCUT2D eigenvalue weighted by Crippen LogP contribution is 2.21. The highest BCUT2D eigenvalue weighted by molar-refractivity contribution is 7.15. The van der Waals surface area contributed by atoms with Crippen LogP contribution in [0.3, 0.4) is 0 Å². The van der Waals surface area contributed by atoms with Crippen molar-refractivity contribution in [3.8, 4) is 0 Å². The van der Waals surface area contributed by atoms with E-state index >= 15 is 0 Å². The van der Waals surface area contributed by atoms with E-state index < -0.39 is 0 Å². The Kier molecular flexibility index (Phi) is 11.3. The van der Waals surface area contributed by atoms with Gasteiger partial charge in [-0.15, -0.1) is 11.3 Å². The van der Waals surface area contributed by atoms with Gasteiger partial charge in [-0.2, -0.15) is 0 Å². The van der Waals surface area contributed by atoms with Crippen molar-refractivity contribution < 1.29 is 9.59 Å². The Balaban J connectivity index is 2.82. The van der Waals surface area contributed by atoms with Crippen LogP contribution in [0.1, 0.15) is 63.9 Å². The summed E-state index contributed by atoms with van der Waals surface area (Å²) in [5, 5.41) is 3.47. The molecule has 0 fully saturated rings. The van der Waals surface area contributed by atoms with Crippen LogP contribution in [-0.4, -0.2) is 59.3 Å². The third kappa shape index (κ3) is 7.87. The highest BCUT2D eigenvalue weighted by Gasteiger charge is 2.25. The molecular weight excluding hydrogens is 372 g/mol. The van der Waals surface area contributed by atoms with Crippen LogP contribution in [0, 0.1) is 19.8 Å². The summed E-state index contributed by atoms with van der Waals surface area (Å²) in [5.74, 6) is -0.0782. The first kappa shape index (κ1) is 24.6. The number of aryl methyl sites for hydroxylation is 2. The van der Waals surface area contributed by atoms with Crippen LogP contribution in [-0.2, 0) is 9.59 Å². The van der Waals surface area contributed by atoms with E-state index in [4.69, 9.17) is 0 Å². The number of nitrogens with zero attached hydrogens (tertiary/aromatic N) is 3. The minimum Gasteiger partial charge on any atom is -0.332 e. The molecule has 1 N–H and O–H groups in total. The quantitative estimate of drug-likeness (QED) is 0.532. The number of carbonyl (C=O) groups is 2. The maximum absolute atomic E-state index is 13.1. The second-order valence-corrected chi connectivity index (χ2v) is 8.45. The number of rotatable bonds is 13. The molecule has 0 radical (unpaired) electrons. The van der Waals surface area contributed by atoms with E-state index in [1.165, 1.54) is 11.3 Å². The smallest absolute Gasteiger partial charge is 0.245 e. The fourth-order valence-electron chi connectivity index (χ4n) is 3.14. The van der Waals surface area contributed by atoms with Crippen molar-refractivity contribution in [2.24, 2.45) is 5.92 Å². The molecule has 2 amide bonds. The van der Waals surface area contributed by atoms with Crippen molar-refractivity contribution in [2.75, 3.05) is 38.0 Å². The van der Waals surface area contributed by atoms with Gasteiger partial charge in [0.2, 0.25) is 11.8 Å². The molecule has 0 aromatic carbocycles. The molecule has 0 saturated heterocycles. The Labute approximate surface area is 174 Å². The monoisotopic (exact) mass is 410 g/mol. The molecule has 6 nitrogen and oxygen atoms in total. The number of amides is 2. The average Bonchev–Trinajstić information content (AvgIpc) is 2.98. The molecule has 0 aliphatic rings. The number of aromatic nitrogens is 1. The first-order valence-corrected chi connectivity index (χ1v) is 11.4. The molecule has 1 atom stereocenters. The van der Waals surface area contributed by atoms with Crippen LogP contribution in [0.5, 0.6) is 0 Å². The van der Waals surface area contributed by atoms with Crippen LogP contribution in [0.15, 0.2) is 0 Å². The zero-order valence-corrected chi connectivity index (χ0v) is 19.3. The van der Waals surface area contributed by atoms with Crippen molar-refractivity contribution in [3.05, 3.63) is 10.6 Å². The lowest BCUT2D eigenvalue weighted by Crippen LogP contribution is -2.45. The van der Waals surface area contributed by atoms with E-state index in [1.807, 2.05) is 13.8 Å². The summed E-state index contributed by atoms with van der Waals surface area (Å²) in [4.78, 5) is 35.2. The van der Waals surface area contributed by atoms with Crippen molar-refractivity contribution >= 4 is 28.3 Å². The fraction of sp³-hybridized carbons (Fsp3) is 0.762. The largest absolute Gasteiger partial charge is 0.332 e. The second-order valence-electron chi connectivity index (χ2n) is 7.24. The Hall–Kier alpha value is -1.47. The first-order chi connectivity index (χ1) is 13.4. The van der Waals surface area contributed by atoms with Gasteiger partial charge in [-0.1, -0.05) is 40.5 Å². The molecule has 0 spiro atoms. The number of unbranched alkanes of at least 4 members (excludes halogenated alkanes) is 1.